The van der Waals surface area contributed by atoms with E-state index in [1.54, 1.807) is 36.4 Å². The van der Waals surface area contributed by atoms with E-state index in [4.69, 9.17) is 4.52 Å². The van der Waals surface area contributed by atoms with Crippen LogP contribution in [0.15, 0.2) is 65.2 Å². The fourth-order valence-electron chi connectivity index (χ4n) is 3.60. The lowest BCUT2D eigenvalue weighted by Crippen LogP contribution is -2.48. The van der Waals surface area contributed by atoms with Crippen molar-refractivity contribution in [2.24, 2.45) is 0 Å². The number of ketones is 1. The number of benzene rings is 2. The maximum Gasteiger partial charge on any atom is 0.254 e. The van der Waals surface area contributed by atoms with Gasteiger partial charge in [-0.3, -0.25) is 14.5 Å². The Labute approximate surface area is 169 Å². The summed E-state index contributed by atoms with van der Waals surface area (Å²) in [7, 11) is 0. The minimum atomic E-state index is -0.131. The summed E-state index contributed by atoms with van der Waals surface area (Å²) in [6.45, 7) is 5.31. The summed E-state index contributed by atoms with van der Waals surface area (Å²) in [5.74, 6) is 0.606. The molecular weight excluding hydrogens is 366 g/mol. The van der Waals surface area contributed by atoms with Crippen molar-refractivity contribution in [3.63, 3.8) is 0 Å². The summed E-state index contributed by atoms with van der Waals surface area (Å²) in [6.07, 6.45) is 0. The number of carbonyl (C=O) groups is 2. The highest BCUT2D eigenvalue weighted by atomic mass is 16.5. The fraction of sp³-hybridized carbons (Fsp3) is 0.261. The zero-order valence-electron chi connectivity index (χ0n) is 16.4. The lowest BCUT2D eigenvalue weighted by Gasteiger charge is -2.34. The van der Waals surface area contributed by atoms with Gasteiger partial charge in [0.15, 0.2) is 11.5 Å². The molecule has 1 aliphatic heterocycles. The smallest absolute Gasteiger partial charge is 0.254 e. The van der Waals surface area contributed by atoms with E-state index in [1.807, 2.05) is 36.1 Å². The van der Waals surface area contributed by atoms with Gasteiger partial charge < -0.3 is 9.42 Å². The van der Waals surface area contributed by atoms with E-state index in [0.29, 0.717) is 36.3 Å². The maximum absolute atomic E-state index is 13.2. The summed E-state index contributed by atoms with van der Waals surface area (Å²) in [5, 5.41) is 3.92. The number of hydrogen-bond donors (Lipinski definition) is 0. The third-order valence-corrected chi connectivity index (χ3v) is 5.15. The third-order valence-electron chi connectivity index (χ3n) is 5.15. The molecule has 1 aromatic heterocycles. The summed E-state index contributed by atoms with van der Waals surface area (Å²) in [4.78, 5) is 30.1. The lowest BCUT2D eigenvalue weighted by molar-refractivity contribution is 0.0614. The molecule has 0 bridgehead atoms. The Kier molecular flexibility index (Phi) is 5.53. The Morgan fingerprint density at radius 3 is 2.24 bits per heavy atom. The van der Waals surface area contributed by atoms with Crippen LogP contribution in [0.25, 0.3) is 0 Å². The predicted molar refractivity (Wildman–Crippen MR) is 109 cm³/mol. The minimum absolute atomic E-state index is 0.0972. The highest BCUT2D eigenvalue weighted by Crippen LogP contribution is 2.18. The average molecular weight is 389 g/mol. The van der Waals surface area contributed by atoms with Gasteiger partial charge in [0.2, 0.25) is 0 Å². The number of aryl methyl sites for hydroxylation is 1. The van der Waals surface area contributed by atoms with Crippen molar-refractivity contribution < 1.29 is 14.1 Å². The van der Waals surface area contributed by atoms with Crippen molar-refractivity contribution in [1.29, 1.82) is 0 Å². The molecule has 148 valence electrons. The molecule has 6 nitrogen and oxygen atoms in total. The van der Waals surface area contributed by atoms with Crippen LogP contribution in [-0.2, 0) is 6.54 Å². The molecule has 1 fully saturated rings. The maximum atomic E-state index is 13.2. The van der Waals surface area contributed by atoms with Gasteiger partial charge in [-0.05, 0) is 13.0 Å². The molecule has 6 heteroatoms. The molecule has 0 atom stereocenters. The first-order chi connectivity index (χ1) is 14.1. The van der Waals surface area contributed by atoms with Gasteiger partial charge in [-0.2, -0.15) is 0 Å². The van der Waals surface area contributed by atoms with E-state index in [-0.39, 0.29) is 11.7 Å². The SMILES string of the molecule is Cc1cc(CN2CCN(C(=O)c3ccccc3C(=O)c3ccccc3)CC2)on1. The number of carbonyl (C=O) groups excluding carboxylic acids is 2. The van der Waals surface area contributed by atoms with Crippen LogP contribution in [0.2, 0.25) is 0 Å². The molecule has 1 aliphatic rings. The summed E-state index contributed by atoms with van der Waals surface area (Å²) in [6, 6.07) is 18.1. The molecule has 2 aromatic carbocycles. The van der Waals surface area contributed by atoms with Crippen molar-refractivity contribution in [2.75, 3.05) is 26.2 Å². The topological polar surface area (TPSA) is 66.7 Å². The van der Waals surface area contributed by atoms with E-state index in [1.165, 1.54) is 0 Å². The van der Waals surface area contributed by atoms with Crippen molar-refractivity contribution in [3.8, 4) is 0 Å². The number of hydrogen-bond acceptors (Lipinski definition) is 5. The molecule has 0 saturated carbocycles. The summed E-state index contributed by atoms with van der Waals surface area (Å²) >= 11 is 0. The normalized spacial score (nSPS) is 14.7. The molecule has 0 N–H and O–H groups in total. The molecule has 0 spiro atoms. The average Bonchev–Trinajstić information content (AvgIpc) is 3.18. The zero-order valence-corrected chi connectivity index (χ0v) is 16.4. The van der Waals surface area contributed by atoms with E-state index in [0.717, 1.165) is 24.5 Å². The molecule has 0 unspecified atom stereocenters. The second-order valence-corrected chi connectivity index (χ2v) is 7.24. The van der Waals surface area contributed by atoms with Crippen molar-refractivity contribution in [1.82, 2.24) is 15.0 Å². The Morgan fingerprint density at radius 1 is 0.931 bits per heavy atom. The van der Waals surface area contributed by atoms with Crippen molar-refractivity contribution in [3.05, 3.63) is 88.8 Å². The van der Waals surface area contributed by atoms with Crippen molar-refractivity contribution >= 4 is 11.7 Å². The number of aromatic nitrogens is 1. The van der Waals surface area contributed by atoms with Crippen LogP contribution in [0.3, 0.4) is 0 Å². The molecule has 4 rings (SSSR count). The molecule has 29 heavy (non-hydrogen) atoms. The van der Waals surface area contributed by atoms with Gasteiger partial charge in [0.25, 0.3) is 5.91 Å². The highest BCUT2D eigenvalue weighted by Gasteiger charge is 2.26. The fourth-order valence-corrected chi connectivity index (χ4v) is 3.60. The van der Waals surface area contributed by atoms with E-state index in [9.17, 15) is 9.59 Å². The van der Waals surface area contributed by atoms with Crippen LogP contribution in [-0.4, -0.2) is 52.8 Å². The van der Waals surface area contributed by atoms with Crippen LogP contribution in [0, 0.1) is 6.92 Å². The first kappa shape index (κ1) is 19.1. The number of rotatable bonds is 5. The van der Waals surface area contributed by atoms with Gasteiger partial charge in [-0.25, -0.2) is 0 Å². The van der Waals surface area contributed by atoms with E-state index < -0.39 is 0 Å². The summed E-state index contributed by atoms with van der Waals surface area (Å²) < 4.78 is 5.29. The van der Waals surface area contributed by atoms with Gasteiger partial charge in [-0.15, -0.1) is 0 Å². The first-order valence-electron chi connectivity index (χ1n) is 9.74. The standard InChI is InChI=1S/C23H23N3O3/c1-17-15-19(29-24-17)16-25-11-13-26(14-12-25)23(28)21-10-6-5-9-20(21)22(27)18-7-3-2-4-8-18/h2-10,15H,11-14,16H2,1H3. The molecule has 0 aliphatic carbocycles. The molecule has 1 saturated heterocycles. The molecule has 0 radical (unpaired) electrons. The monoisotopic (exact) mass is 389 g/mol. The molecule has 1 amide bonds. The van der Waals surface area contributed by atoms with Crippen molar-refractivity contribution in [2.45, 2.75) is 13.5 Å². The lowest BCUT2D eigenvalue weighted by atomic mass is 9.97. The van der Waals surface area contributed by atoms with Crippen LogP contribution >= 0.6 is 0 Å². The van der Waals surface area contributed by atoms with Crippen LogP contribution in [0.1, 0.15) is 37.7 Å². The van der Waals surface area contributed by atoms with Gasteiger partial charge in [0.1, 0.15) is 0 Å². The third kappa shape index (κ3) is 4.27. The minimum Gasteiger partial charge on any atom is -0.360 e. The second-order valence-electron chi connectivity index (χ2n) is 7.24. The van der Waals surface area contributed by atoms with Crippen LogP contribution in [0.5, 0.6) is 0 Å². The van der Waals surface area contributed by atoms with Crippen LogP contribution < -0.4 is 0 Å². The molecule has 3 aromatic rings. The van der Waals surface area contributed by atoms with E-state index >= 15 is 0 Å². The van der Waals surface area contributed by atoms with Gasteiger partial charge in [0, 0.05) is 43.4 Å². The van der Waals surface area contributed by atoms with Gasteiger partial charge in [0.05, 0.1) is 17.8 Å². The molecular formula is C23H23N3O3. The largest absolute Gasteiger partial charge is 0.360 e. The van der Waals surface area contributed by atoms with E-state index in [2.05, 4.69) is 10.1 Å². The Hall–Kier alpha value is -3.25. The second kappa shape index (κ2) is 8.41. The Balaban J connectivity index is 1.45. The highest BCUT2D eigenvalue weighted by molar-refractivity contribution is 6.15. The Morgan fingerprint density at radius 2 is 1.59 bits per heavy atom. The Bertz CT molecular complexity index is 1000. The molecule has 2 heterocycles. The van der Waals surface area contributed by atoms with Crippen LogP contribution in [0.4, 0.5) is 0 Å². The quantitative estimate of drug-likeness (QED) is 0.627. The first-order valence-corrected chi connectivity index (χ1v) is 9.74. The predicted octanol–water partition coefficient (Wildman–Crippen LogP) is 3.17. The van der Waals surface area contributed by atoms with Gasteiger partial charge in [-0.1, -0.05) is 53.7 Å². The number of piperazine rings is 1. The zero-order chi connectivity index (χ0) is 20.2. The number of amides is 1. The van der Waals surface area contributed by atoms with Gasteiger partial charge >= 0.3 is 0 Å². The number of nitrogens with zero attached hydrogens (tertiary/aromatic N) is 3. The summed E-state index contributed by atoms with van der Waals surface area (Å²) in [5.41, 5.74) is 2.36.